The van der Waals surface area contributed by atoms with Gasteiger partial charge in [-0.2, -0.15) is 0 Å². The summed E-state index contributed by atoms with van der Waals surface area (Å²) in [5, 5.41) is 9.13. The van der Waals surface area contributed by atoms with E-state index in [4.69, 9.17) is 16.3 Å². The predicted molar refractivity (Wildman–Crippen MR) is 87.6 cm³/mol. The zero-order valence-corrected chi connectivity index (χ0v) is 13.5. The maximum Gasteiger partial charge on any atom is 0.155 e. The van der Waals surface area contributed by atoms with Crippen molar-refractivity contribution < 1.29 is 4.74 Å². The maximum atomic E-state index is 6.25. The number of methoxy groups -OCH3 is 1. The lowest BCUT2D eigenvalue weighted by molar-refractivity contribution is 0.415. The summed E-state index contributed by atoms with van der Waals surface area (Å²) >= 11 is 6.25. The first-order valence-corrected chi connectivity index (χ1v) is 8.38. The Hall–Kier alpha value is -1.61. The highest BCUT2D eigenvalue weighted by Crippen LogP contribution is 2.44. The molecule has 1 saturated carbocycles. The van der Waals surface area contributed by atoms with E-state index in [1.807, 2.05) is 0 Å². The van der Waals surface area contributed by atoms with Crippen molar-refractivity contribution in [3.05, 3.63) is 40.0 Å². The monoisotopic (exact) mass is 314 g/mol. The van der Waals surface area contributed by atoms with Crippen LogP contribution in [-0.2, 0) is 12.8 Å². The van der Waals surface area contributed by atoms with E-state index in [-0.39, 0.29) is 0 Å². The summed E-state index contributed by atoms with van der Waals surface area (Å²) in [6, 6.07) is 6.51. The van der Waals surface area contributed by atoms with Crippen molar-refractivity contribution in [3.8, 4) is 17.0 Å². The molecule has 1 aromatic carbocycles. The van der Waals surface area contributed by atoms with Crippen molar-refractivity contribution in [2.75, 3.05) is 7.11 Å². The molecule has 4 rings (SSSR count). The number of nitrogens with zero attached hydrogens (tertiary/aromatic N) is 2. The van der Waals surface area contributed by atoms with Gasteiger partial charge in [0.25, 0.3) is 0 Å². The topological polar surface area (TPSA) is 35.0 Å². The summed E-state index contributed by atoms with van der Waals surface area (Å²) in [5.41, 5.74) is 5.78. The molecule has 2 aliphatic rings. The second kappa shape index (κ2) is 5.54. The number of halogens is 1. The molecule has 2 aliphatic carbocycles. The van der Waals surface area contributed by atoms with Crippen LogP contribution in [0.3, 0.4) is 0 Å². The van der Waals surface area contributed by atoms with E-state index in [0.717, 1.165) is 29.8 Å². The summed E-state index contributed by atoms with van der Waals surface area (Å²) in [6.45, 7) is 0. The molecule has 0 atom stereocenters. The largest absolute Gasteiger partial charge is 0.496 e. The van der Waals surface area contributed by atoms with Crippen LogP contribution in [0.1, 0.15) is 48.3 Å². The van der Waals surface area contributed by atoms with Gasteiger partial charge >= 0.3 is 0 Å². The summed E-state index contributed by atoms with van der Waals surface area (Å²) in [7, 11) is 1.73. The fourth-order valence-electron chi connectivity index (χ4n) is 3.40. The standard InChI is InChI=1S/C18H19ClN2O/c1-22-16-10-12(11-6-7-11)8-9-15(16)17-13-4-2-3-5-14(13)18(19)21-20-17/h8-11H,2-7H2,1H3. The molecule has 0 aliphatic heterocycles. The van der Waals surface area contributed by atoms with Gasteiger partial charge in [-0.3, -0.25) is 0 Å². The fourth-order valence-corrected chi connectivity index (χ4v) is 3.65. The van der Waals surface area contributed by atoms with E-state index >= 15 is 0 Å². The highest BCUT2D eigenvalue weighted by Gasteiger charge is 2.26. The van der Waals surface area contributed by atoms with E-state index < -0.39 is 0 Å². The fraction of sp³-hybridized carbons (Fsp3) is 0.444. The zero-order valence-electron chi connectivity index (χ0n) is 12.7. The summed E-state index contributed by atoms with van der Waals surface area (Å²) < 4.78 is 5.64. The third-order valence-corrected chi connectivity index (χ3v) is 5.07. The lowest BCUT2D eigenvalue weighted by Gasteiger charge is -2.20. The van der Waals surface area contributed by atoms with Crippen LogP contribution in [-0.4, -0.2) is 17.3 Å². The molecule has 0 spiro atoms. The predicted octanol–water partition coefficient (Wildman–Crippen LogP) is 4.56. The number of benzene rings is 1. The van der Waals surface area contributed by atoms with Gasteiger partial charge in [-0.25, -0.2) is 0 Å². The van der Waals surface area contributed by atoms with Gasteiger partial charge in [0, 0.05) is 5.56 Å². The summed E-state index contributed by atoms with van der Waals surface area (Å²) in [5.74, 6) is 1.61. The first-order chi connectivity index (χ1) is 10.8. The number of aromatic nitrogens is 2. The van der Waals surface area contributed by atoms with E-state index in [1.165, 1.54) is 42.4 Å². The van der Waals surface area contributed by atoms with E-state index in [9.17, 15) is 0 Å². The highest BCUT2D eigenvalue weighted by molar-refractivity contribution is 6.30. The first kappa shape index (κ1) is 14.0. The summed E-state index contributed by atoms with van der Waals surface area (Å²) in [4.78, 5) is 0. The molecule has 0 N–H and O–H groups in total. The van der Waals surface area contributed by atoms with Crippen molar-refractivity contribution in [1.82, 2.24) is 10.2 Å². The molecule has 2 aromatic rings. The van der Waals surface area contributed by atoms with E-state index in [0.29, 0.717) is 11.1 Å². The molecule has 0 saturated heterocycles. The van der Waals surface area contributed by atoms with Gasteiger partial charge in [-0.05, 0) is 73.3 Å². The average Bonchev–Trinajstić information content (AvgIpc) is 3.40. The van der Waals surface area contributed by atoms with Gasteiger partial charge in [0.05, 0.1) is 7.11 Å². The Labute approximate surface area is 135 Å². The smallest absolute Gasteiger partial charge is 0.155 e. The molecule has 0 radical (unpaired) electrons. The second-order valence-corrected chi connectivity index (χ2v) is 6.60. The van der Waals surface area contributed by atoms with Crippen LogP contribution < -0.4 is 4.74 Å². The van der Waals surface area contributed by atoms with Crippen LogP contribution in [0.4, 0.5) is 0 Å². The van der Waals surface area contributed by atoms with Crippen LogP contribution in [0.5, 0.6) is 5.75 Å². The second-order valence-electron chi connectivity index (χ2n) is 6.24. The molecule has 0 bridgehead atoms. The van der Waals surface area contributed by atoms with Crippen LogP contribution in [0.2, 0.25) is 5.15 Å². The Morgan fingerprint density at radius 2 is 1.86 bits per heavy atom. The third kappa shape index (κ3) is 2.38. The number of hydrogen-bond acceptors (Lipinski definition) is 3. The van der Waals surface area contributed by atoms with Gasteiger partial charge in [0.15, 0.2) is 5.15 Å². The van der Waals surface area contributed by atoms with Gasteiger partial charge in [-0.1, -0.05) is 17.7 Å². The van der Waals surface area contributed by atoms with Crippen LogP contribution in [0.15, 0.2) is 18.2 Å². The number of fused-ring (bicyclic) bond motifs is 1. The molecule has 0 amide bonds. The van der Waals surface area contributed by atoms with Crippen LogP contribution in [0, 0.1) is 0 Å². The van der Waals surface area contributed by atoms with Gasteiger partial charge in [-0.15, -0.1) is 10.2 Å². The van der Waals surface area contributed by atoms with Crippen LogP contribution >= 0.6 is 11.6 Å². The minimum Gasteiger partial charge on any atom is -0.496 e. The molecular weight excluding hydrogens is 296 g/mol. The number of ether oxygens (including phenoxy) is 1. The molecule has 1 heterocycles. The zero-order chi connectivity index (χ0) is 15.1. The number of hydrogen-bond donors (Lipinski definition) is 0. The SMILES string of the molecule is COc1cc(C2CC2)ccc1-c1nnc(Cl)c2c1CCCC2. The van der Waals surface area contributed by atoms with Gasteiger partial charge < -0.3 is 4.74 Å². The average molecular weight is 315 g/mol. The maximum absolute atomic E-state index is 6.25. The van der Waals surface area contributed by atoms with E-state index in [1.54, 1.807) is 7.11 Å². The van der Waals surface area contributed by atoms with Crippen LogP contribution in [0.25, 0.3) is 11.3 Å². The molecule has 1 aromatic heterocycles. The Balaban J connectivity index is 1.84. The quantitative estimate of drug-likeness (QED) is 0.833. The molecular formula is C18H19ClN2O. The lowest BCUT2D eigenvalue weighted by atomic mass is 9.89. The first-order valence-electron chi connectivity index (χ1n) is 8.00. The molecule has 4 heteroatoms. The normalized spacial score (nSPS) is 17.2. The molecule has 1 fully saturated rings. The Bertz CT molecular complexity index is 725. The Morgan fingerprint density at radius 3 is 2.59 bits per heavy atom. The van der Waals surface area contributed by atoms with Gasteiger partial charge in [0.1, 0.15) is 11.4 Å². The van der Waals surface area contributed by atoms with E-state index in [2.05, 4.69) is 28.4 Å². The molecule has 114 valence electrons. The minimum absolute atomic E-state index is 0.562. The van der Waals surface area contributed by atoms with Crippen molar-refractivity contribution in [2.45, 2.75) is 44.4 Å². The lowest BCUT2D eigenvalue weighted by Crippen LogP contribution is -2.09. The Kier molecular flexibility index (Phi) is 3.53. The minimum atomic E-state index is 0.562. The van der Waals surface area contributed by atoms with Crippen molar-refractivity contribution >= 4 is 11.6 Å². The Morgan fingerprint density at radius 1 is 1.09 bits per heavy atom. The molecule has 3 nitrogen and oxygen atoms in total. The van der Waals surface area contributed by atoms with Crippen molar-refractivity contribution in [3.63, 3.8) is 0 Å². The third-order valence-electron chi connectivity index (χ3n) is 4.77. The van der Waals surface area contributed by atoms with Crippen molar-refractivity contribution in [2.24, 2.45) is 0 Å². The molecule has 22 heavy (non-hydrogen) atoms. The van der Waals surface area contributed by atoms with Gasteiger partial charge in [0.2, 0.25) is 0 Å². The molecule has 0 unspecified atom stereocenters. The summed E-state index contributed by atoms with van der Waals surface area (Å²) in [6.07, 6.45) is 6.96. The van der Waals surface area contributed by atoms with Crippen molar-refractivity contribution in [1.29, 1.82) is 0 Å². The number of rotatable bonds is 3. The highest BCUT2D eigenvalue weighted by atomic mass is 35.5.